The molecule has 1 unspecified atom stereocenters. The Morgan fingerprint density at radius 3 is 2.65 bits per heavy atom. The van der Waals surface area contributed by atoms with Gasteiger partial charge in [0.1, 0.15) is 5.69 Å². The number of carbonyl (C=O) groups is 1. The van der Waals surface area contributed by atoms with Crippen LogP contribution in [0.4, 0.5) is 0 Å². The molecular weight excluding hydrogens is 238 g/mol. The number of alkyl halides is 1. The lowest BCUT2D eigenvalue weighted by Gasteiger charge is -2.30. The number of hydrogen-bond donors (Lipinski definition) is 1. The Bertz CT molecular complexity index is 381. The molecule has 0 saturated heterocycles. The van der Waals surface area contributed by atoms with Crippen LogP contribution in [0.15, 0.2) is 12.3 Å². The molecule has 4 nitrogen and oxygen atoms in total. The van der Waals surface area contributed by atoms with E-state index in [1.165, 1.54) is 0 Å². The summed E-state index contributed by atoms with van der Waals surface area (Å²) in [6, 6.07) is 1.75. The third-order valence-corrected chi connectivity index (χ3v) is 2.91. The third-order valence-electron chi connectivity index (χ3n) is 2.69. The van der Waals surface area contributed by atoms with Crippen LogP contribution in [0.3, 0.4) is 0 Å². The van der Waals surface area contributed by atoms with Gasteiger partial charge in [-0.3, -0.25) is 9.48 Å². The molecule has 1 amide bonds. The highest BCUT2D eigenvalue weighted by molar-refractivity contribution is 6.17. The lowest BCUT2D eigenvalue weighted by molar-refractivity contribution is 0.0894. The number of halogens is 1. The summed E-state index contributed by atoms with van der Waals surface area (Å²) in [5.41, 5.74) is 0.426. The molecule has 5 heteroatoms. The molecular formula is C12H20ClN3O. The van der Waals surface area contributed by atoms with Crippen molar-refractivity contribution in [2.45, 2.75) is 33.2 Å². The summed E-state index contributed by atoms with van der Waals surface area (Å²) < 4.78 is 1.61. The Balaban J connectivity index is 2.71. The van der Waals surface area contributed by atoms with Crippen LogP contribution >= 0.6 is 11.6 Å². The van der Waals surface area contributed by atoms with Crippen LogP contribution < -0.4 is 5.32 Å². The van der Waals surface area contributed by atoms with Crippen LogP contribution in [0, 0.1) is 5.41 Å². The number of nitrogens with one attached hydrogen (secondary N) is 1. The van der Waals surface area contributed by atoms with E-state index in [9.17, 15) is 4.79 Å². The van der Waals surface area contributed by atoms with E-state index in [0.29, 0.717) is 11.6 Å². The van der Waals surface area contributed by atoms with E-state index in [-0.39, 0.29) is 17.4 Å². The van der Waals surface area contributed by atoms with E-state index in [4.69, 9.17) is 11.6 Å². The normalized spacial score (nSPS) is 13.5. The molecule has 96 valence electrons. The minimum Gasteiger partial charge on any atom is -0.347 e. The molecule has 0 bridgehead atoms. The van der Waals surface area contributed by atoms with Crippen molar-refractivity contribution in [3.63, 3.8) is 0 Å². The van der Waals surface area contributed by atoms with Crippen molar-refractivity contribution in [1.29, 1.82) is 0 Å². The second-order valence-electron chi connectivity index (χ2n) is 5.24. The zero-order valence-electron chi connectivity index (χ0n) is 10.8. The highest BCUT2D eigenvalue weighted by Crippen LogP contribution is 2.22. The van der Waals surface area contributed by atoms with Gasteiger partial charge in [-0.1, -0.05) is 20.8 Å². The molecule has 1 atom stereocenters. The van der Waals surface area contributed by atoms with Crippen molar-refractivity contribution in [2.75, 3.05) is 5.88 Å². The fourth-order valence-electron chi connectivity index (χ4n) is 1.60. The maximum Gasteiger partial charge on any atom is 0.272 e. The molecule has 1 aromatic heterocycles. The monoisotopic (exact) mass is 257 g/mol. The van der Waals surface area contributed by atoms with Gasteiger partial charge in [0.15, 0.2) is 0 Å². The molecule has 1 rings (SSSR count). The summed E-state index contributed by atoms with van der Waals surface area (Å²) in [5, 5.41) is 7.07. The van der Waals surface area contributed by atoms with E-state index < -0.39 is 0 Å². The van der Waals surface area contributed by atoms with Gasteiger partial charge in [-0.25, -0.2) is 0 Å². The van der Waals surface area contributed by atoms with Crippen LogP contribution in [0.25, 0.3) is 0 Å². The van der Waals surface area contributed by atoms with Gasteiger partial charge in [-0.2, -0.15) is 5.10 Å². The quantitative estimate of drug-likeness (QED) is 0.841. The number of aromatic nitrogens is 2. The highest BCUT2D eigenvalue weighted by Gasteiger charge is 2.26. The van der Waals surface area contributed by atoms with E-state index in [1.807, 2.05) is 0 Å². The molecule has 0 aliphatic rings. The first-order valence-electron chi connectivity index (χ1n) is 5.71. The molecule has 0 fully saturated rings. The minimum absolute atomic E-state index is 0.0146. The molecule has 1 heterocycles. The van der Waals surface area contributed by atoms with Gasteiger partial charge in [0, 0.05) is 25.2 Å². The van der Waals surface area contributed by atoms with Crippen molar-refractivity contribution < 1.29 is 4.79 Å². The summed E-state index contributed by atoms with van der Waals surface area (Å²) >= 11 is 5.76. The molecule has 1 aromatic rings. The predicted octanol–water partition coefficient (Wildman–Crippen LogP) is 2.19. The molecule has 0 spiro atoms. The molecule has 0 aliphatic carbocycles. The topological polar surface area (TPSA) is 46.9 Å². The Labute approximate surface area is 107 Å². The second-order valence-corrected chi connectivity index (χ2v) is 5.62. The summed E-state index contributed by atoms with van der Waals surface area (Å²) in [5.74, 6) is 0.389. The Morgan fingerprint density at radius 1 is 1.59 bits per heavy atom. The van der Waals surface area contributed by atoms with Crippen LogP contribution in [-0.2, 0) is 7.05 Å². The summed E-state index contributed by atoms with van der Waals surface area (Å²) in [4.78, 5) is 12.0. The first-order chi connectivity index (χ1) is 7.84. The van der Waals surface area contributed by atoms with Crippen LogP contribution in [0.5, 0.6) is 0 Å². The number of amides is 1. The van der Waals surface area contributed by atoms with Gasteiger partial charge in [-0.05, 0) is 17.9 Å². The predicted molar refractivity (Wildman–Crippen MR) is 69.3 cm³/mol. The number of nitrogens with zero attached hydrogens (tertiary/aromatic N) is 2. The van der Waals surface area contributed by atoms with Crippen molar-refractivity contribution in [1.82, 2.24) is 15.1 Å². The average Bonchev–Trinajstić information content (AvgIpc) is 2.62. The molecule has 17 heavy (non-hydrogen) atoms. The van der Waals surface area contributed by atoms with E-state index in [1.54, 1.807) is 24.0 Å². The number of hydrogen-bond acceptors (Lipinski definition) is 2. The van der Waals surface area contributed by atoms with Gasteiger partial charge < -0.3 is 5.32 Å². The highest BCUT2D eigenvalue weighted by atomic mass is 35.5. The van der Waals surface area contributed by atoms with Gasteiger partial charge in [0.05, 0.1) is 0 Å². The van der Waals surface area contributed by atoms with Crippen molar-refractivity contribution in [3.8, 4) is 0 Å². The summed E-state index contributed by atoms with van der Waals surface area (Å²) in [6.07, 6.45) is 2.51. The van der Waals surface area contributed by atoms with Crippen LogP contribution in [0.1, 0.15) is 37.7 Å². The first-order valence-corrected chi connectivity index (χ1v) is 6.24. The fourth-order valence-corrected chi connectivity index (χ4v) is 1.82. The van der Waals surface area contributed by atoms with E-state index in [2.05, 4.69) is 31.2 Å². The summed E-state index contributed by atoms with van der Waals surface area (Å²) in [7, 11) is 1.79. The van der Waals surface area contributed by atoms with Crippen LogP contribution in [0.2, 0.25) is 0 Å². The standard InChI is InChI=1S/C12H20ClN3O/c1-12(2,3)10(5-7-13)14-11(17)9-6-8-16(4)15-9/h6,8,10H,5,7H2,1-4H3,(H,14,17). The third kappa shape index (κ3) is 4.04. The number of carbonyl (C=O) groups excluding carboxylic acids is 1. The van der Waals surface area contributed by atoms with Gasteiger partial charge >= 0.3 is 0 Å². The smallest absolute Gasteiger partial charge is 0.272 e. The summed E-state index contributed by atoms with van der Waals surface area (Å²) in [6.45, 7) is 6.26. The van der Waals surface area contributed by atoms with E-state index in [0.717, 1.165) is 6.42 Å². The average molecular weight is 258 g/mol. The molecule has 0 aromatic carbocycles. The number of rotatable bonds is 4. The second kappa shape index (κ2) is 5.54. The zero-order valence-corrected chi connectivity index (χ0v) is 11.6. The zero-order chi connectivity index (χ0) is 13.1. The van der Waals surface area contributed by atoms with Crippen molar-refractivity contribution in [3.05, 3.63) is 18.0 Å². The Kier molecular flexibility index (Phi) is 4.57. The van der Waals surface area contributed by atoms with Gasteiger partial charge in [0.2, 0.25) is 0 Å². The van der Waals surface area contributed by atoms with Crippen LogP contribution in [-0.4, -0.2) is 27.6 Å². The maximum atomic E-state index is 12.0. The molecule has 0 radical (unpaired) electrons. The van der Waals surface area contributed by atoms with Gasteiger partial charge in [-0.15, -0.1) is 11.6 Å². The lowest BCUT2D eigenvalue weighted by atomic mass is 9.85. The fraction of sp³-hybridized carbons (Fsp3) is 0.667. The molecule has 0 aliphatic heterocycles. The van der Waals surface area contributed by atoms with Crippen molar-refractivity contribution in [2.24, 2.45) is 12.5 Å². The minimum atomic E-state index is -0.143. The first kappa shape index (κ1) is 14.0. The molecule has 0 saturated carbocycles. The SMILES string of the molecule is Cn1ccc(C(=O)NC(CCCl)C(C)(C)C)n1. The molecule has 1 N–H and O–H groups in total. The number of aryl methyl sites for hydroxylation is 1. The van der Waals surface area contributed by atoms with Gasteiger partial charge in [0.25, 0.3) is 5.91 Å². The Morgan fingerprint density at radius 2 is 2.24 bits per heavy atom. The largest absolute Gasteiger partial charge is 0.347 e. The Hall–Kier alpha value is -1.03. The van der Waals surface area contributed by atoms with Crippen molar-refractivity contribution >= 4 is 17.5 Å². The lowest BCUT2D eigenvalue weighted by Crippen LogP contribution is -2.44. The van der Waals surface area contributed by atoms with E-state index >= 15 is 0 Å². The maximum absolute atomic E-state index is 12.0.